The third kappa shape index (κ3) is 4.42. The third-order valence-electron chi connectivity index (χ3n) is 5.93. The van der Waals surface area contributed by atoms with Gasteiger partial charge in [-0.3, -0.25) is 14.5 Å². The molecule has 1 unspecified atom stereocenters. The number of Topliss-reactive ketones (excluding diaryl/α,β-unsaturated/α-hetero) is 1. The van der Waals surface area contributed by atoms with Gasteiger partial charge in [0.2, 0.25) is 0 Å². The van der Waals surface area contributed by atoms with Gasteiger partial charge in [-0.05, 0) is 60.9 Å². The second-order valence-electron chi connectivity index (χ2n) is 8.57. The number of amides is 1. The number of carbonyl (C=O) groups is 2. The summed E-state index contributed by atoms with van der Waals surface area (Å²) in [4.78, 5) is 32.9. The molecule has 1 saturated heterocycles. The van der Waals surface area contributed by atoms with Crippen LogP contribution in [0.15, 0.2) is 76.8 Å². The topological polar surface area (TPSA) is 79.7 Å². The first-order chi connectivity index (χ1) is 17.4. The molecule has 6 nitrogen and oxygen atoms in total. The van der Waals surface area contributed by atoms with Crippen molar-refractivity contribution >= 4 is 60.1 Å². The standard InChI is InChI=1S/C28H23BrN2O4S/c1-3-12-35-20-9-5-7-18(15-20)25(32)23-24(17-6-4-8-19(29)14-17)31(27(34)26(23)33)28-30-21-11-10-16(2)13-22(21)36-28/h4-11,13-15,24,32H,3,12H2,1-2H3. The normalized spacial score (nSPS) is 17.2. The van der Waals surface area contributed by atoms with Crippen molar-refractivity contribution in [3.8, 4) is 5.75 Å². The Kier molecular flexibility index (Phi) is 6.64. The smallest absolute Gasteiger partial charge is 0.301 e. The minimum atomic E-state index is -0.843. The number of aliphatic hydroxyl groups excluding tert-OH is 1. The van der Waals surface area contributed by atoms with Crippen LogP contribution < -0.4 is 9.64 Å². The molecule has 1 aromatic heterocycles. The minimum Gasteiger partial charge on any atom is -0.507 e. The first kappa shape index (κ1) is 24.2. The van der Waals surface area contributed by atoms with E-state index in [9.17, 15) is 14.7 Å². The number of aryl methyl sites for hydroxylation is 1. The quantitative estimate of drug-likeness (QED) is 0.159. The lowest BCUT2D eigenvalue weighted by Crippen LogP contribution is -2.29. The molecule has 5 rings (SSSR count). The number of carbonyl (C=O) groups excluding carboxylic acids is 2. The maximum Gasteiger partial charge on any atom is 0.301 e. The van der Waals surface area contributed by atoms with Gasteiger partial charge in [0, 0.05) is 10.0 Å². The molecule has 1 aliphatic rings. The number of thiazole rings is 1. The lowest BCUT2D eigenvalue weighted by Gasteiger charge is -2.23. The highest BCUT2D eigenvalue weighted by Gasteiger charge is 2.48. The van der Waals surface area contributed by atoms with Crippen LogP contribution >= 0.6 is 27.3 Å². The average molecular weight is 563 g/mol. The molecule has 1 atom stereocenters. The lowest BCUT2D eigenvalue weighted by molar-refractivity contribution is -0.132. The van der Waals surface area contributed by atoms with Gasteiger partial charge < -0.3 is 9.84 Å². The molecular formula is C28H23BrN2O4S. The number of ketones is 1. The fourth-order valence-corrected chi connectivity index (χ4v) is 5.76. The van der Waals surface area contributed by atoms with Crippen LogP contribution in [-0.2, 0) is 9.59 Å². The van der Waals surface area contributed by atoms with Crippen LogP contribution in [0.2, 0.25) is 0 Å². The number of rotatable bonds is 6. The van der Waals surface area contributed by atoms with Crippen molar-refractivity contribution in [1.29, 1.82) is 0 Å². The Labute approximate surface area is 221 Å². The van der Waals surface area contributed by atoms with Crippen LogP contribution in [0, 0.1) is 6.92 Å². The number of fused-ring (bicyclic) bond motifs is 1. The molecular weight excluding hydrogens is 540 g/mol. The van der Waals surface area contributed by atoms with E-state index in [1.807, 2.05) is 56.3 Å². The molecule has 1 amide bonds. The maximum absolute atomic E-state index is 13.4. The molecule has 8 heteroatoms. The van der Waals surface area contributed by atoms with E-state index in [0.29, 0.717) is 28.6 Å². The zero-order valence-electron chi connectivity index (χ0n) is 19.7. The Bertz CT molecular complexity index is 1530. The predicted molar refractivity (Wildman–Crippen MR) is 146 cm³/mol. The summed E-state index contributed by atoms with van der Waals surface area (Å²) in [7, 11) is 0. The number of hydrogen-bond donors (Lipinski definition) is 1. The summed E-state index contributed by atoms with van der Waals surface area (Å²) >= 11 is 4.83. The van der Waals surface area contributed by atoms with E-state index in [2.05, 4.69) is 20.9 Å². The predicted octanol–water partition coefficient (Wildman–Crippen LogP) is 6.78. The summed E-state index contributed by atoms with van der Waals surface area (Å²) in [5.74, 6) is -1.15. The van der Waals surface area contributed by atoms with Crippen molar-refractivity contribution in [2.45, 2.75) is 26.3 Å². The molecule has 0 spiro atoms. The Morgan fingerprint density at radius 3 is 2.69 bits per heavy atom. The summed E-state index contributed by atoms with van der Waals surface area (Å²) in [6, 6.07) is 19.3. The summed E-state index contributed by atoms with van der Waals surface area (Å²) < 4.78 is 7.42. The van der Waals surface area contributed by atoms with E-state index in [0.717, 1.165) is 26.7 Å². The van der Waals surface area contributed by atoms with E-state index in [1.165, 1.54) is 16.2 Å². The number of halogens is 1. The van der Waals surface area contributed by atoms with Crippen molar-refractivity contribution in [3.05, 3.63) is 93.5 Å². The van der Waals surface area contributed by atoms with Gasteiger partial charge in [-0.15, -0.1) is 0 Å². The molecule has 3 aromatic carbocycles. The van der Waals surface area contributed by atoms with Gasteiger partial charge in [0.1, 0.15) is 11.5 Å². The van der Waals surface area contributed by atoms with E-state index in [1.54, 1.807) is 24.3 Å². The molecule has 1 N–H and O–H groups in total. The number of ether oxygens (including phenoxy) is 1. The molecule has 1 aliphatic heterocycles. The van der Waals surface area contributed by atoms with Crippen LogP contribution in [0.4, 0.5) is 5.13 Å². The van der Waals surface area contributed by atoms with Crippen molar-refractivity contribution in [2.24, 2.45) is 0 Å². The Morgan fingerprint density at radius 1 is 1.11 bits per heavy atom. The Balaban J connectivity index is 1.69. The molecule has 4 aromatic rings. The second kappa shape index (κ2) is 9.87. The molecule has 1 fully saturated rings. The van der Waals surface area contributed by atoms with Crippen LogP contribution in [0.25, 0.3) is 16.0 Å². The summed E-state index contributed by atoms with van der Waals surface area (Å²) in [5, 5.41) is 11.8. The van der Waals surface area contributed by atoms with Gasteiger partial charge in [0.15, 0.2) is 5.13 Å². The number of aromatic nitrogens is 1. The summed E-state index contributed by atoms with van der Waals surface area (Å²) in [6.07, 6.45) is 0.839. The van der Waals surface area contributed by atoms with Crippen LogP contribution in [0.5, 0.6) is 5.75 Å². The SMILES string of the molecule is CCCOc1cccc(C(O)=C2C(=O)C(=O)N(c3nc4ccc(C)cc4s3)C2c2cccc(Br)c2)c1. The van der Waals surface area contributed by atoms with Crippen LogP contribution in [0.3, 0.4) is 0 Å². The van der Waals surface area contributed by atoms with Gasteiger partial charge in [-0.1, -0.05) is 64.5 Å². The van der Waals surface area contributed by atoms with Crippen molar-refractivity contribution < 1.29 is 19.4 Å². The van der Waals surface area contributed by atoms with Gasteiger partial charge in [0.05, 0.1) is 28.4 Å². The first-order valence-corrected chi connectivity index (χ1v) is 13.1. The van der Waals surface area contributed by atoms with Gasteiger partial charge >= 0.3 is 5.91 Å². The van der Waals surface area contributed by atoms with Crippen LogP contribution in [0.1, 0.15) is 36.1 Å². The molecule has 0 aliphatic carbocycles. The third-order valence-corrected chi connectivity index (χ3v) is 7.44. The van der Waals surface area contributed by atoms with E-state index in [4.69, 9.17) is 4.74 Å². The fourth-order valence-electron chi connectivity index (χ4n) is 4.25. The molecule has 0 radical (unpaired) electrons. The molecule has 182 valence electrons. The van der Waals surface area contributed by atoms with Crippen molar-refractivity contribution in [1.82, 2.24) is 4.98 Å². The summed E-state index contributed by atoms with van der Waals surface area (Å²) in [6.45, 7) is 4.53. The highest BCUT2D eigenvalue weighted by atomic mass is 79.9. The highest BCUT2D eigenvalue weighted by Crippen LogP contribution is 2.45. The van der Waals surface area contributed by atoms with Gasteiger partial charge in [-0.2, -0.15) is 0 Å². The number of nitrogens with zero attached hydrogens (tertiary/aromatic N) is 2. The second-order valence-corrected chi connectivity index (χ2v) is 10.5. The fraction of sp³-hybridized carbons (Fsp3) is 0.179. The zero-order valence-corrected chi connectivity index (χ0v) is 22.1. The molecule has 2 heterocycles. The number of aliphatic hydroxyl groups is 1. The average Bonchev–Trinajstić information content (AvgIpc) is 3.40. The lowest BCUT2D eigenvalue weighted by atomic mass is 9.95. The minimum absolute atomic E-state index is 0.0150. The maximum atomic E-state index is 13.4. The molecule has 0 saturated carbocycles. The number of hydrogen-bond acceptors (Lipinski definition) is 6. The number of benzene rings is 3. The van der Waals surface area contributed by atoms with Crippen molar-refractivity contribution in [2.75, 3.05) is 11.5 Å². The summed E-state index contributed by atoms with van der Waals surface area (Å²) in [5.41, 5.74) is 2.92. The van der Waals surface area contributed by atoms with E-state index >= 15 is 0 Å². The van der Waals surface area contributed by atoms with Gasteiger partial charge in [-0.25, -0.2) is 4.98 Å². The van der Waals surface area contributed by atoms with Crippen molar-refractivity contribution in [3.63, 3.8) is 0 Å². The Morgan fingerprint density at radius 2 is 1.92 bits per heavy atom. The van der Waals surface area contributed by atoms with E-state index in [-0.39, 0.29) is 11.3 Å². The largest absolute Gasteiger partial charge is 0.507 e. The van der Waals surface area contributed by atoms with Gasteiger partial charge in [0.25, 0.3) is 5.78 Å². The molecule has 36 heavy (non-hydrogen) atoms. The molecule has 0 bridgehead atoms. The monoisotopic (exact) mass is 562 g/mol. The zero-order chi connectivity index (χ0) is 25.4. The Hall–Kier alpha value is -3.49. The van der Waals surface area contributed by atoms with E-state index < -0.39 is 17.7 Å². The highest BCUT2D eigenvalue weighted by molar-refractivity contribution is 9.10. The van der Waals surface area contributed by atoms with Crippen LogP contribution in [-0.4, -0.2) is 28.4 Å². The number of anilines is 1. The first-order valence-electron chi connectivity index (χ1n) is 11.5.